The summed E-state index contributed by atoms with van der Waals surface area (Å²) in [6.07, 6.45) is 3.47. The molecule has 3 aromatic rings. The lowest BCUT2D eigenvalue weighted by molar-refractivity contribution is 0.0643. The third kappa shape index (κ3) is 1.67. The summed E-state index contributed by atoms with van der Waals surface area (Å²) in [5, 5.41) is 0.925. The second kappa shape index (κ2) is 4.28. The van der Waals surface area contributed by atoms with E-state index in [4.69, 9.17) is 0 Å². The van der Waals surface area contributed by atoms with Gasteiger partial charge in [-0.05, 0) is 29.8 Å². The number of nitrogens with zero attached hydrogens (tertiary/aromatic N) is 2. The molecule has 0 saturated carbocycles. The molecule has 0 fully saturated rings. The predicted molar refractivity (Wildman–Crippen MR) is 76.7 cm³/mol. The standard InChI is InChI=1S/C16H11N3O2/c20-15-12-3-1-2-4-13(12)16(21)19(15)9-10-5-7-17-14-11(10)6-8-18-14/h1-8H,9H2,(H,17,18). The highest BCUT2D eigenvalue weighted by molar-refractivity contribution is 6.21. The monoisotopic (exact) mass is 277 g/mol. The molecular weight excluding hydrogens is 266 g/mol. The quantitative estimate of drug-likeness (QED) is 0.731. The van der Waals surface area contributed by atoms with E-state index in [1.807, 2.05) is 12.1 Å². The molecule has 1 aromatic carbocycles. The molecule has 0 saturated heterocycles. The molecule has 0 unspecified atom stereocenters. The van der Waals surface area contributed by atoms with Crippen molar-refractivity contribution in [1.82, 2.24) is 14.9 Å². The predicted octanol–water partition coefficient (Wildman–Crippen LogP) is 2.36. The minimum absolute atomic E-state index is 0.240. The summed E-state index contributed by atoms with van der Waals surface area (Å²) in [4.78, 5) is 33.3. The molecule has 102 valence electrons. The van der Waals surface area contributed by atoms with Crippen LogP contribution in [0.3, 0.4) is 0 Å². The molecule has 5 heteroatoms. The van der Waals surface area contributed by atoms with Crippen LogP contribution in [0.15, 0.2) is 48.8 Å². The van der Waals surface area contributed by atoms with Crippen LogP contribution in [0.1, 0.15) is 26.3 Å². The summed E-state index contributed by atoms with van der Waals surface area (Å²) >= 11 is 0. The fourth-order valence-electron chi connectivity index (χ4n) is 2.71. The zero-order chi connectivity index (χ0) is 14.4. The van der Waals surface area contributed by atoms with E-state index in [1.54, 1.807) is 36.7 Å². The van der Waals surface area contributed by atoms with Gasteiger partial charge in [0.2, 0.25) is 0 Å². The average Bonchev–Trinajstić information content (AvgIpc) is 3.08. The van der Waals surface area contributed by atoms with Crippen LogP contribution < -0.4 is 0 Å². The highest BCUT2D eigenvalue weighted by atomic mass is 16.2. The molecule has 3 heterocycles. The van der Waals surface area contributed by atoms with E-state index in [1.165, 1.54) is 4.90 Å². The van der Waals surface area contributed by atoms with Crippen molar-refractivity contribution in [3.05, 3.63) is 65.5 Å². The SMILES string of the molecule is O=C1c2ccccc2C(=O)N1Cc1ccnc2[nH]ccc12. The van der Waals surface area contributed by atoms with Crippen molar-refractivity contribution in [3.8, 4) is 0 Å². The molecule has 1 aliphatic heterocycles. The Labute approximate surface area is 120 Å². The van der Waals surface area contributed by atoms with Crippen molar-refractivity contribution in [2.24, 2.45) is 0 Å². The number of fused-ring (bicyclic) bond motifs is 2. The van der Waals surface area contributed by atoms with E-state index in [9.17, 15) is 9.59 Å². The molecule has 1 aliphatic rings. The van der Waals surface area contributed by atoms with Crippen LogP contribution >= 0.6 is 0 Å². The number of carbonyl (C=O) groups is 2. The van der Waals surface area contributed by atoms with Gasteiger partial charge in [0.15, 0.2) is 0 Å². The molecule has 0 bridgehead atoms. The highest BCUT2D eigenvalue weighted by Crippen LogP contribution is 2.26. The molecule has 0 spiro atoms. The lowest BCUT2D eigenvalue weighted by atomic mass is 10.1. The summed E-state index contributed by atoms with van der Waals surface area (Å²) in [6.45, 7) is 0.253. The van der Waals surface area contributed by atoms with Gasteiger partial charge in [0.05, 0.1) is 17.7 Å². The number of H-pyrrole nitrogens is 1. The molecule has 0 atom stereocenters. The number of pyridine rings is 1. The molecule has 5 nitrogen and oxygen atoms in total. The number of nitrogens with one attached hydrogen (secondary N) is 1. The van der Waals surface area contributed by atoms with Gasteiger partial charge >= 0.3 is 0 Å². The lowest BCUT2D eigenvalue weighted by Crippen LogP contribution is -2.29. The summed E-state index contributed by atoms with van der Waals surface area (Å²) in [6, 6.07) is 10.6. The summed E-state index contributed by atoms with van der Waals surface area (Å²) in [5.41, 5.74) is 2.60. The van der Waals surface area contributed by atoms with Crippen LogP contribution in [0.4, 0.5) is 0 Å². The molecular formula is C16H11N3O2. The molecule has 0 radical (unpaired) electrons. The number of hydrogen-bond donors (Lipinski definition) is 1. The fourth-order valence-corrected chi connectivity index (χ4v) is 2.71. The maximum Gasteiger partial charge on any atom is 0.261 e. The van der Waals surface area contributed by atoms with Crippen molar-refractivity contribution in [2.45, 2.75) is 6.54 Å². The Hall–Kier alpha value is -2.95. The van der Waals surface area contributed by atoms with Crippen molar-refractivity contribution in [2.75, 3.05) is 0 Å². The van der Waals surface area contributed by atoms with E-state index in [-0.39, 0.29) is 18.4 Å². The first-order chi connectivity index (χ1) is 10.3. The van der Waals surface area contributed by atoms with Crippen LogP contribution in [-0.4, -0.2) is 26.7 Å². The Kier molecular flexibility index (Phi) is 2.41. The first-order valence-electron chi connectivity index (χ1n) is 6.62. The lowest BCUT2D eigenvalue weighted by Gasteiger charge is -2.14. The van der Waals surface area contributed by atoms with E-state index in [0.29, 0.717) is 11.1 Å². The molecule has 21 heavy (non-hydrogen) atoms. The second-order valence-electron chi connectivity index (χ2n) is 4.95. The number of aromatic amines is 1. The first kappa shape index (κ1) is 11.8. The van der Waals surface area contributed by atoms with Crippen molar-refractivity contribution in [3.63, 3.8) is 0 Å². The number of aromatic nitrogens is 2. The van der Waals surface area contributed by atoms with Gasteiger partial charge in [-0.15, -0.1) is 0 Å². The van der Waals surface area contributed by atoms with Crippen LogP contribution in [0.25, 0.3) is 11.0 Å². The maximum atomic E-state index is 12.4. The fraction of sp³-hybridized carbons (Fsp3) is 0.0625. The van der Waals surface area contributed by atoms with Crippen LogP contribution in [0, 0.1) is 0 Å². The second-order valence-corrected chi connectivity index (χ2v) is 4.95. The van der Waals surface area contributed by atoms with Crippen LogP contribution in [0.5, 0.6) is 0 Å². The van der Waals surface area contributed by atoms with Gasteiger partial charge in [-0.2, -0.15) is 0 Å². The minimum Gasteiger partial charge on any atom is -0.346 e. The zero-order valence-corrected chi connectivity index (χ0v) is 11.0. The molecule has 0 aliphatic carbocycles. The van der Waals surface area contributed by atoms with Crippen molar-refractivity contribution < 1.29 is 9.59 Å². The summed E-state index contributed by atoms with van der Waals surface area (Å²) < 4.78 is 0. The topological polar surface area (TPSA) is 66.1 Å². The first-order valence-corrected chi connectivity index (χ1v) is 6.62. The van der Waals surface area contributed by atoms with E-state index < -0.39 is 0 Å². The Morgan fingerprint density at radius 2 is 1.71 bits per heavy atom. The third-order valence-electron chi connectivity index (χ3n) is 3.76. The minimum atomic E-state index is -0.240. The van der Waals surface area contributed by atoms with Gasteiger partial charge in [0, 0.05) is 17.8 Å². The number of hydrogen-bond acceptors (Lipinski definition) is 3. The number of amides is 2. The molecule has 2 amide bonds. The van der Waals surface area contributed by atoms with Gasteiger partial charge in [-0.25, -0.2) is 4.98 Å². The third-order valence-corrected chi connectivity index (χ3v) is 3.76. The molecule has 2 aromatic heterocycles. The molecule has 1 N–H and O–H groups in total. The van der Waals surface area contributed by atoms with Gasteiger partial charge in [-0.1, -0.05) is 12.1 Å². The van der Waals surface area contributed by atoms with Crippen molar-refractivity contribution >= 4 is 22.8 Å². The normalized spacial score (nSPS) is 14.0. The van der Waals surface area contributed by atoms with Crippen LogP contribution in [-0.2, 0) is 6.54 Å². The zero-order valence-electron chi connectivity index (χ0n) is 11.0. The number of benzene rings is 1. The largest absolute Gasteiger partial charge is 0.346 e. The summed E-state index contributed by atoms with van der Waals surface area (Å²) in [7, 11) is 0. The number of imide groups is 1. The number of carbonyl (C=O) groups excluding carboxylic acids is 2. The van der Waals surface area contributed by atoms with Crippen molar-refractivity contribution in [1.29, 1.82) is 0 Å². The Bertz CT molecular complexity index is 847. The highest BCUT2D eigenvalue weighted by Gasteiger charge is 2.35. The Morgan fingerprint density at radius 3 is 2.43 bits per heavy atom. The van der Waals surface area contributed by atoms with E-state index in [0.717, 1.165) is 16.6 Å². The van der Waals surface area contributed by atoms with Crippen LogP contribution in [0.2, 0.25) is 0 Å². The van der Waals surface area contributed by atoms with Gasteiger partial charge in [0.25, 0.3) is 11.8 Å². The smallest absolute Gasteiger partial charge is 0.261 e. The van der Waals surface area contributed by atoms with E-state index in [2.05, 4.69) is 9.97 Å². The van der Waals surface area contributed by atoms with Gasteiger partial charge in [0.1, 0.15) is 5.65 Å². The summed E-state index contributed by atoms with van der Waals surface area (Å²) in [5.74, 6) is -0.479. The van der Waals surface area contributed by atoms with Gasteiger partial charge < -0.3 is 4.98 Å². The number of rotatable bonds is 2. The van der Waals surface area contributed by atoms with Gasteiger partial charge in [-0.3, -0.25) is 14.5 Å². The molecule has 4 rings (SSSR count). The average molecular weight is 277 g/mol. The maximum absolute atomic E-state index is 12.4. The Morgan fingerprint density at radius 1 is 1.00 bits per heavy atom. The van der Waals surface area contributed by atoms with E-state index >= 15 is 0 Å². The Balaban J connectivity index is 1.75.